The van der Waals surface area contributed by atoms with Gasteiger partial charge < -0.3 is 58.3 Å². The fourth-order valence-corrected chi connectivity index (χ4v) is 15.7. The molecule has 7 fully saturated rings. The van der Waals surface area contributed by atoms with E-state index in [1.165, 1.54) is 33.3 Å². The zero-order valence-electron chi connectivity index (χ0n) is 40.8. The summed E-state index contributed by atoms with van der Waals surface area (Å²) >= 11 is 0. The number of aliphatic hydroxyl groups is 4. The molecule has 16 nitrogen and oxygen atoms in total. The maximum Gasteiger partial charge on any atom is 0.303 e. The third kappa shape index (κ3) is 8.78. The first-order valence-electron chi connectivity index (χ1n) is 24.4. The summed E-state index contributed by atoms with van der Waals surface area (Å²) in [7, 11) is 0. The number of aliphatic hydroxyl groups excluding tert-OH is 4. The first kappa shape index (κ1) is 51.2. The minimum absolute atomic E-state index is 0.000531. The van der Waals surface area contributed by atoms with E-state index in [4.69, 9.17) is 37.9 Å². The monoisotopic (exact) mass is 935 g/mol. The lowest BCUT2D eigenvalue weighted by Gasteiger charge is -2.73. The van der Waals surface area contributed by atoms with Gasteiger partial charge in [0.1, 0.15) is 37.1 Å². The molecule has 0 amide bonds. The number of rotatable bonds is 12. The van der Waals surface area contributed by atoms with Gasteiger partial charge in [-0.25, -0.2) is 0 Å². The normalized spacial score (nSPS) is 47.2. The molecule has 7 aliphatic rings. The summed E-state index contributed by atoms with van der Waals surface area (Å²) in [5.74, 6) is -1.02. The van der Waals surface area contributed by atoms with Crippen molar-refractivity contribution in [2.45, 2.75) is 201 Å². The Hall–Kier alpha value is -2.70. The van der Waals surface area contributed by atoms with Gasteiger partial charge in [0, 0.05) is 27.7 Å². The largest absolute Gasteiger partial charge is 0.463 e. The van der Waals surface area contributed by atoms with Crippen molar-refractivity contribution >= 4 is 23.9 Å². The van der Waals surface area contributed by atoms with Crippen molar-refractivity contribution in [1.29, 1.82) is 0 Å². The zero-order valence-corrected chi connectivity index (χ0v) is 40.8. The summed E-state index contributed by atoms with van der Waals surface area (Å²) < 4.78 is 47.8. The topological polar surface area (TPSA) is 223 Å². The molecule has 0 spiro atoms. The van der Waals surface area contributed by atoms with Crippen molar-refractivity contribution in [2.24, 2.45) is 56.7 Å². The molecular weight excluding hydrogens is 857 g/mol. The van der Waals surface area contributed by atoms with Gasteiger partial charge in [0.05, 0.1) is 19.3 Å². The van der Waals surface area contributed by atoms with Crippen LogP contribution in [0.15, 0.2) is 12.2 Å². The Morgan fingerprint density at radius 3 is 1.92 bits per heavy atom. The van der Waals surface area contributed by atoms with Crippen molar-refractivity contribution in [3.05, 3.63) is 12.2 Å². The highest BCUT2D eigenvalue weighted by molar-refractivity contribution is 5.68. The van der Waals surface area contributed by atoms with Crippen LogP contribution in [0.4, 0.5) is 0 Å². The Labute approximate surface area is 390 Å². The van der Waals surface area contributed by atoms with Crippen LogP contribution < -0.4 is 0 Å². The molecule has 66 heavy (non-hydrogen) atoms. The van der Waals surface area contributed by atoms with E-state index in [0.29, 0.717) is 30.8 Å². The Balaban J connectivity index is 1.13. The van der Waals surface area contributed by atoms with Gasteiger partial charge >= 0.3 is 23.9 Å². The predicted molar refractivity (Wildman–Crippen MR) is 236 cm³/mol. The average molecular weight is 935 g/mol. The van der Waals surface area contributed by atoms with Crippen LogP contribution in [-0.4, -0.2) is 132 Å². The molecule has 5 aliphatic carbocycles. The molecule has 5 saturated carbocycles. The maximum atomic E-state index is 12.6. The van der Waals surface area contributed by atoms with E-state index in [1.54, 1.807) is 0 Å². The summed E-state index contributed by atoms with van der Waals surface area (Å²) in [4.78, 5) is 49.5. The number of hydrogen-bond acceptors (Lipinski definition) is 16. The smallest absolute Gasteiger partial charge is 0.303 e. The van der Waals surface area contributed by atoms with Crippen LogP contribution in [0.5, 0.6) is 0 Å². The molecule has 0 aromatic carbocycles. The van der Waals surface area contributed by atoms with Gasteiger partial charge in [-0.1, -0.05) is 46.8 Å². The lowest BCUT2D eigenvalue weighted by atomic mass is 9.32. The second-order valence-electron chi connectivity index (χ2n) is 22.6. The highest BCUT2D eigenvalue weighted by atomic mass is 16.7. The quantitative estimate of drug-likeness (QED) is 0.0882. The molecule has 2 heterocycles. The van der Waals surface area contributed by atoms with Crippen molar-refractivity contribution in [1.82, 2.24) is 0 Å². The first-order chi connectivity index (χ1) is 30.8. The summed E-state index contributed by atoms with van der Waals surface area (Å²) in [5.41, 5.74) is 0.527. The fourth-order valence-electron chi connectivity index (χ4n) is 15.7. The van der Waals surface area contributed by atoms with E-state index in [2.05, 4.69) is 48.1 Å². The molecule has 0 radical (unpaired) electrons. The Morgan fingerprint density at radius 2 is 1.30 bits per heavy atom. The molecule has 2 saturated heterocycles. The van der Waals surface area contributed by atoms with Gasteiger partial charge in [0.2, 0.25) is 0 Å². The highest BCUT2D eigenvalue weighted by Crippen LogP contribution is 2.77. The predicted octanol–water partition coefficient (Wildman–Crippen LogP) is 4.93. The van der Waals surface area contributed by atoms with Crippen LogP contribution in [0.3, 0.4) is 0 Å². The van der Waals surface area contributed by atoms with E-state index in [-0.39, 0.29) is 46.2 Å². The first-order valence-corrected chi connectivity index (χ1v) is 24.4. The number of hydrogen-bond donors (Lipinski definition) is 4. The summed E-state index contributed by atoms with van der Waals surface area (Å²) in [5, 5.41) is 42.2. The molecule has 6 unspecified atom stereocenters. The lowest BCUT2D eigenvalue weighted by molar-refractivity contribution is -0.335. The van der Waals surface area contributed by atoms with Crippen molar-refractivity contribution < 1.29 is 77.5 Å². The second kappa shape index (κ2) is 18.9. The van der Waals surface area contributed by atoms with Gasteiger partial charge in [-0.3, -0.25) is 19.2 Å². The van der Waals surface area contributed by atoms with Gasteiger partial charge in [-0.2, -0.15) is 0 Å². The minimum atomic E-state index is -1.48. The van der Waals surface area contributed by atoms with Gasteiger partial charge in [0.15, 0.2) is 30.9 Å². The zero-order chi connectivity index (χ0) is 48.5. The molecule has 2 aliphatic heterocycles. The van der Waals surface area contributed by atoms with Crippen molar-refractivity contribution in [3.8, 4) is 0 Å². The minimum Gasteiger partial charge on any atom is -0.463 e. The van der Waals surface area contributed by atoms with E-state index < -0.39 is 97.3 Å². The van der Waals surface area contributed by atoms with Gasteiger partial charge in [-0.15, -0.1) is 0 Å². The summed E-state index contributed by atoms with van der Waals surface area (Å²) in [6.07, 6.45) is -3.58. The average Bonchev–Trinajstić information content (AvgIpc) is 3.61. The van der Waals surface area contributed by atoms with Crippen LogP contribution in [-0.2, 0) is 57.1 Å². The molecule has 4 N–H and O–H groups in total. The van der Waals surface area contributed by atoms with E-state index in [9.17, 15) is 39.6 Å². The summed E-state index contributed by atoms with van der Waals surface area (Å²) in [6, 6.07) is 0. The SMILES string of the molecule is C=C(C)[C@@H]1CC[C@]2(CO[C@@H]3[C@@H](O)[C@@H](O)[C@@H](CO)O[C@H]3O)CC[C@]3(C)[C@H](CC[C@@H]4[C@@]5(C)CCC(OC6OC(COC(C)=O)C(OC(C)=O)C(OC(C)=O)C6OC(C)=O)C(C)(C)[C@@H]5CC[C@]43C)[C@@H]12. The van der Waals surface area contributed by atoms with Crippen molar-refractivity contribution in [2.75, 3.05) is 19.8 Å². The molecule has 0 bridgehead atoms. The number of carbonyl (C=O) groups excluding carboxylic acids is 4. The van der Waals surface area contributed by atoms with Gasteiger partial charge in [-0.05, 0) is 128 Å². The van der Waals surface area contributed by atoms with Crippen molar-refractivity contribution in [3.63, 3.8) is 0 Å². The molecule has 374 valence electrons. The number of esters is 4. The molecule has 0 aromatic rings. The van der Waals surface area contributed by atoms with Crippen LogP contribution in [0.25, 0.3) is 0 Å². The van der Waals surface area contributed by atoms with Crippen LogP contribution in [0.2, 0.25) is 0 Å². The Bertz CT molecular complexity index is 1840. The third-order valence-corrected chi connectivity index (χ3v) is 18.8. The number of ether oxygens (including phenoxy) is 8. The fraction of sp³-hybridized carbons (Fsp3) is 0.880. The standard InChI is InChI=1S/C50H78O16/c1-25(2)30-14-19-50(24-60-41-39(57)38(56)32(22-51)64-44(41)58)21-20-48(10)31(37(30)50)12-13-35-47(9)17-16-36(46(7,8)34(47)15-18-49(35,48)11)66-45-43(63-29(6)55)42(62-28(5)54)40(61-27(4)53)33(65-45)23-59-26(3)52/h30-45,51,56-58H,1,12-24H2,2-11H3/t30-,31+,32+,33?,34-,35+,36?,37+,38-,39-,40?,41+,42?,43?,44+,45?,47-,48+,49+,50+/m0/s1. The number of fused-ring (bicyclic) bond motifs is 7. The highest BCUT2D eigenvalue weighted by Gasteiger charge is 2.71. The Kier molecular flexibility index (Phi) is 14.6. The molecule has 7 rings (SSSR count). The van der Waals surface area contributed by atoms with Crippen LogP contribution in [0, 0.1) is 56.7 Å². The van der Waals surface area contributed by atoms with Gasteiger partial charge in [0.25, 0.3) is 0 Å². The van der Waals surface area contributed by atoms with E-state index in [1.807, 2.05) is 0 Å². The second-order valence-corrected chi connectivity index (χ2v) is 22.6. The summed E-state index contributed by atoms with van der Waals surface area (Å²) in [6.45, 7) is 23.1. The third-order valence-electron chi connectivity index (χ3n) is 18.8. The van der Waals surface area contributed by atoms with Crippen LogP contribution in [0.1, 0.15) is 133 Å². The van der Waals surface area contributed by atoms with Crippen LogP contribution >= 0.6 is 0 Å². The molecule has 16 heteroatoms. The number of carbonyl (C=O) groups is 4. The van der Waals surface area contributed by atoms with E-state index >= 15 is 0 Å². The maximum absolute atomic E-state index is 12.6. The Morgan fingerprint density at radius 1 is 0.652 bits per heavy atom. The lowest BCUT2D eigenvalue weighted by Crippen LogP contribution is -2.68. The van der Waals surface area contributed by atoms with E-state index in [0.717, 1.165) is 57.8 Å². The molecule has 20 atom stereocenters. The molecule has 0 aromatic heterocycles. The molecular formula is C50H78O16. The number of allylic oxidation sites excluding steroid dienone is 1.